The molecule has 2 N–H and O–H groups in total. The van der Waals surface area contributed by atoms with Gasteiger partial charge in [-0.15, -0.1) is 0 Å². The molecule has 2 heterocycles. The Balaban J connectivity index is 1.68. The van der Waals surface area contributed by atoms with Crippen LogP contribution in [0.5, 0.6) is 5.75 Å². The minimum Gasteiger partial charge on any atom is -0.490 e. The number of anilines is 1. The van der Waals surface area contributed by atoms with Crippen LogP contribution in [0.15, 0.2) is 65.7 Å². The Morgan fingerprint density at radius 3 is 2.56 bits per heavy atom. The highest BCUT2D eigenvalue weighted by Crippen LogP contribution is 2.34. The van der Waals surface area contributed by atoms with Crippen LogP contribution in [0.25, 0.3) is 0 Å². The minimum atomic E-state index is -3.92. The molecule has 0 radical (unpaired) electrons. The van der Waals surface area contributed by atoms with Crippen LogP contribution < -0.4 is 15.4 Å². The molecule has 0 fully saturated rings. The number of ketones is 1. The molecule has 2 aliphatic rings. The number of carbonyl (C=O) groups excluding carboxylic acids is 2. The molecule has 0 spiro atoms. The van der Waals surface area contributed by atoms with Gasteiger partial charge in [0, 0.05) is 6.42 Å². The molecule has 7 nitrogen and oxygen atoms in total. The third-order valence-corrected chi connectivity index (χ3v) is 6.95. The molecule has 1 unspecified atom stereocenters. The Kier molecular flexibility index (Phi) is 4.00. The number of rotatable bonds is 5. The maximum atomic E-state index is 13.4. The van der Waals surface area contributed by atoms with Crippen LogP contribution in [-0.2, 0) is 14.6 Å². The first kappa shape index (κ1) is 17.3. The van der Waals surface area contributed by atoms with Gasteiger partial charge in [-0.1, -0.05) is 24.3 Å². The number of benzene rings is 2. The van der Waals surface area contributed by atoms with Gasteiger partial charge in [-0.05, 0) is 36.5 Å². The number of para-hydroxylation sites is 1. The molecule has 0 saturated heterocycles. The van der Waals surface area contributed by atoms with E-state index in [4.69, 9.17) is 4.74 Å². The molecule has 0 bridgehead atoms. The SMILES string of the molecule is O=C1Nc2ccc(S(=O)(=O)C3(COc4ccccc4)CC=CN3)cc2C1=O. The van der Waals surface area contributed by atoms with Crippen LogP contribution in [0.2, 0.25) is 0 Å². The zero-order chi connectivity index (χ0) is 19.1. The molecule has 138 valence electrons. The second-order valence-electron chi connectivity index (χ2n) is 6.34. The van der Waals surface area contributed by atoms with Crippen molar-refractivity contribution in [1.29, 1.82) is 0 Å². The average molecular weight is 384 g/mol. The lowest BCUT2D eigenvalue weighted by atomic mass is 10.1. The lowest BCUT2D eigenvalue weighted by Gasteiger charge is -2.29. The molecular weight excluding hydrogens is 368 g/mol. The van der Waals surface area contributed by atoms with E-state index in [1.54, 1.807) is 36.5 Å². The topological polar surface area (TPSA) is 102 Å². The predicted octanol–water partition coefficient (Wildman–Crippen LogP) is 1.88. The van der Waals surface area contributed by atoms with Crippen LogP contribution in [-0.4, -0.2) is 31.6 Å². The first-order chi connectivity index (χ1) is 12.9. The summed E-state index contributed by atoms with van der Waals surface area (Å²) in [4.78, 5) is 22.0. The van der Waals surface area contributed by atoms with Crippen LogP contribution in [0.4, 0.5) is 5.69 Å². The van der Waals surface area contributed by atoms with Gasteiger partial charge >= 0.3 is 0 Å². The van der Waals surface area contributed by atoms with Crippen molar-refractivity contribution in [2.45, 2.75) is 16.2 Å². The highest BCUT2D eigenvalue weighted by Gasteiger charge is 2.47. The molecule has 2 aromatic rings. The second-order valence-corrected chi connectivity index (χ2v) is 8.60. The smallest absolute Gasteiger partial charge is 0.296 e. The van der Waals surface area contributed by atoms with Gasteiger partial charge in [-0.2, -0.15) is 0 Å². The number of fused-ring (bicyclic) bond motifs is 1. The molecule has 0 aliphatic carbocycles. The zero-order valence-corrected chi connectivity index (χ0v) is 15.0. The van der Waals surface area contributed by atoms with Gasteiger partial charge in [-0.25, -0.2) is 8.42 Å². The molecule has 4 rings (SSSR count). The Labute approximate surface area is 156 Å². The van der Waals surface area contributed by atoms with E-state index in [9.17, 15) is 18.0 Å². The van der Waals surface area contributed by atoms with Gasteiger partial charge in [0.2, 0.25) is 9.84 Å². The van der Waals surface area contributed by atoms with Crippen molar-refractivity contribution in [3.63, 3.8) is 0 Å². The van der Waals surface area contributed by atoms with Crippen molar-refractivity contribution in [2.75, 3.05) is 11.9 Å². The zero-order valence-electron chi connectivity index (χ0n) is 14.1. The molecule has 0 aromatic heterocycles. The summed E-state index contributed by atoms with van der Waals surface area (Å²) in [5.74, 6) is -0.948. The van der Waals surface area contributed by atoms with Gasteiger partial charge in [-0.3, -0.25) is 9.59 Å². The van der Waals surface area contributed by atoms with E-state index >= 15 is 0 Å². The number of ether oxygens (including phenoxy) is 1. The molecular formula is C19H16N2O5S. The third-order valence-electron chi connectivity index (χ3n) is 4.64. The first-order valence-electron chi connectivity index (χ1n) is 8.28. The van der Waals surface area contributed by atoms with Gasteiger partial charge in [0.25, 0.3) is 11.7 Å². The lowest BCUT2D eigenvalue weighted by Crippen LogP contribution is -2.51. The largest absolute Gasteiger partial charge is 0.490 e. The van der Waals surface area contributed by atoms with Crippen molar-refractivity contribution < 1.29 is 22.7 Å². The molecule has 1 atom stereocenters. The fourth-order valence-corrected chi connectivity index (χ4v) is 4.84. The van der Waals surface area contributed by atoms with E-state index in [2.05, 4.69) is 10.6 Å². The van der Waals surface area contributed by atoms with Gasteiger partial charge in [0.15, 0.2) is 4.87 Å². The lowest BCUT2D eigenvalue weighted by molar-refractivity contribution is -0.112. The molecule has 27 heavy (non-hydrogen) atoms. The normalized spacial score (nSPS) is 20.9. The standard InChI is InChI=1S/C19H16N2O5S/c22-17-15-11-14(7-8-16(15)21-18(17)23)27(24,25)19(9-4-10-20-19)12-26-13-5-2-1-3-6-13/h1-8,10-11,20H,9,12H2,(H,21,22,23). The fraction of sp³-hybridized carbons (Fsp3) is 0.158. The number of sulfone groups is 1. The van der Waals surface area contributed by atoms with Gasteiger partial charge < -0.3 is 15.4 Å². The van der Waals surface area contributed by atoms with E-state index in [0.29, 0.717) is 11.4 Å². The summed E-state index contributed by atoms with van der Waals surface area (Å²) in [5.41, 5.74) is 0.377. The Morgan fingerprint density at radius 2 is 1.85 bits per heavy atom. The average Bonchev–Trinajstić information content (AvgIpc) is 3.27. The van der Waals surface area contributed by atoms with Crippen molar-refractivity contribution in [3.8, 4) is 5.75 Å². The van der Waals surface area contributed by atoms with Crippen molar-refractivity contribution in [1.82, 2.24) is 5.32 Å². The predicted molar refractivity (Wildman–Crippen MR) is 98.1 cm³/mol. The maximum absolute atomic E-state index is 13.4. The number of nitrogens with one attached hydrogen (secondary N) is 2. The molecule has 2 aromatic carbocycles. The Hall–Kier alpha value is -3.13. The highest BCUT2D eigenvalue weighted by atomic mass is 32.2. The fourth-order valence-electron chi connectivity index (χ4n) is 3.12. The third kappa shape index (κ3) is 2.78. The van der Waals surface area contributed by atoms with Crippen molar-refractivity contribution in [3.05, 3.63) is 66.4 Å². The molecule has 8 heteroatoms. The summed E-state index contributed by atoms with van der Waals surface area (Å²) in [6.45, 7) is -0.117. The van der Waals surface area contributed by atoms with Crippen molar-refractivity contribution in [2.24, 2.45) is 0 Å². The summed E-state index contributed by atoms with van der Waals surface area (Å²) in [6.07, 6.45) is 3.51. The summed E-state index contributed by atoms with van der Waals surface area (Å²) >= 11 is 0. The quantitative estimate of drug-likeness (QED) is 0.764. The van der Waals surface area contributed by atoms with E-state index in [1.807, 2.05) is 6.07 Å². The second kappa shape index (κ2) is 6.24. The summed E-state index contributed by atoms with van der Waals surface area (Å²) in [5, 5.41) is 5.32. The van der Waals surface area contributed by atoms with Crippen molar-refractivity contribution >= 4 is 27.2 Å². The minimum absolute atomic E-state index is 0.0426. The van der Waals surface area contributed by atoms with Gasteiger partial charge in [0.05, 0.1) is 16.1 Å². The van der Waals surface area contributed by atoms with Crippen LogP contribution in [0, 0.1) is 0 Å². The number of Topliss-reactive ketones (excluding diaryl/α,β-unsaturated/α-hetero) is 1. The first-order valence-corrected chi connectivity index (χ1v) is 9.76. The molecule has 2 aliphatic heterocycles. The van der Waals surface area contributed by atoms with Crippen LogP contribution in [0.1, 0.15) is 16.8 Å². The van der Waals surface area contributed by atoms with E-state index in [0.717, 1.165) is 0 Å². The highest BCUT2D eigenvalue weighted by molar-refractivity contribution is 7.92. The Morgan fingerprint density at radius 1 is 1.07 bits per heavy atom. The van der Waals surface area contributed by atoms with E-state index in [-0.39, 0.29) is 23.5 Å². The van der Waals surface area contributed by atoms with Gasteiger partial charge in [0.1, 0.15) is 12.4 Å². The van der Waals surface area contributed by atoms with Crippen LogP contribution in [0.3, 0.4) is 0 Å². The molecule has 0 saturated carbocycles. The molecule has 1 amide bonds. The maximum Gasteiger partial charge on any atom is 0.296 e. The van der Waals surface area contributed by atoms with E-state index < -0.39 is 26.4 Å². The number of hydrogen-bond donors (Lipinski definition) is 2. The Bertz CT molecular complexity index is 1050. The number of carbonyl (C=O) groups is 2. The monoisotopic (exact) mass is 384 g/mol. The summed E-state index contributed by atoms with van der Waals surface area (Å²) in [6, 6.07) is 13.0. The number of amides is 1. The van der Waals surface area contributed by atoms with E-state index in [1.165, 1.54) is 18.2 Å². The number of hydrogen-bond acceptors (Lipinski definition) is 6. The van der Waals surface area contributed by atoms with Crippen LogP contribution >= 0.6 is 0 Å². The summed E-state index contributed by atoms with van der Waals surface area (Å²) in [7, 11) is -3.92. The summed E-state index contributed by atoms with van der Waals surface area (Å²) < 4.78 is 32.5.